The molecule has 2 aromatic rings. The van der Waals surface area contributed by atoms with Gasteiger partial charge in [-0.1, -0.05) is 11.8 Å². The van der Waals surface area contributed by atoms with E-state index in [1.165, 1.54) is 11.9 Å². The predicted octanol–water partition coefficient (Wildman–Crippen LogP) is 2.39. The number of furan rings is 1. The summed E-state index contributed by atoms with van der Waals surface area (Å²) < 4.78 is 7.00. The molecule has 2 heterocycles. The lowest BCUT2D eigenvalue weighted by Crippen LogP contribution is -1.89. The Kier molecular flexibility index (Phi) is 2.83. The topological polar surface area (TPSA) is 43.9 Å². The van der Waals surface area contributed by atoms with Crippen molar-refractivity contribution in [2.45, 2.75) is 5.16 Å². The fourth-order valence-electron chi connectivity index (χ4n) is 1.04. The monoisotopic (exact) mass is 227 g/mol. The van der Waals surface area contributed by atoms with E-state index >= 15 is 0 Å². The summed E-state index contributed by atoms with van der Waals surface area (Å²) in [6.07, 6.45) is 5.55. The summed E-state index contributed by atoms with van der Waals surface area (Å²) in [5.41, 5.74) is 0. The molecule has 14 heavy (non-hydrogen) atoms. The van der Waals surface area contributed by atoms with Crippen molar-refractivity contribution in [3.8, 4) is 11.6 Å². The Morgan fingerprint density at radius 3 is 2.79 bits per heavy atom. The van der Waals surface area contributed by atoms with Crippen molar-refractivity contribution in [2.75, 3.05) is 12.5 Å². The molecule has 0 unspecified atom stereocenters. The van der Waals surface area contributed by atoms with Gasteiger partial charge in [0.15, 0.2) is 10.9 Å². The Labute approximate surface area is 90.2 Å². The van der Waals surface area contributed by atoms with E-state index in [9.17, 15) is 0 Å². The summed E-state index contributed by atoms with van der Waals surface area (Å²) in [5.74, 6) is 1.34. The van der Waals surface area contributed by atoms with Crippen LogP contribution in [-0.2, 0) is 0 Å². The van der Waals surface area contributed by atoms with E-state index in [0.717, 1.165) is 5.16 Å². The zero-order valence-electron chi connectivity index (χ0n) is 7.80. The van der Waals surface area contributed by atoms with Gasteiger partial charge in [-0.25, -0.2) is 0 Å². The second kappa shape index (κ2) is 4.10. The molecule has 0 fully saturated rings. The van der Waals surface area contributed by atoms with Crippen molar-refractivity contribution < 1.29 is 4.42 Å². The maximum atomic E-state index is 5.22. The number of hydrogen-bond acceptors (Lipinski definition) is 5. The Balaban J connectivity index is 2.41. The first-order chi connectivity index (χ1) is 6.85. The van der Waals surface area contributed by atoms with Crippen LogP contribution < -0.4 is 0 Å². The lowest BCUT2D eigenvalue weighted by molar-refractivity contribution is 0.577. The van der Waals surface area contributed by atoms with Gasteiger partial charge in [-0.2, -0.15) is 9.07 Å². The minimum atomic E-state index is 0.633. The van der Waals surface area contributed by atoms with Crippen LogP contribution >= 0.6 is 23.7 Å². The highest BCUT2D eigenvalue weighted by atomic mass is 32.2. The molecule has 0 saturated carbocycles. The second-order valence-corrected chi connectivity index (χ2v) is 3.94. The van der Waals surface area contributed by atoms with Crippen LogP contribution in [0.25, 0.3) is 11.6 Å². The van der Waals surface area contributed by atoms with Crippen LogP contribution in [0.15, 0.2) is 28.0 Å². The molecule has 6 heteroatoms. The lowest BCUT2D eigenvalue weighted by Gasteiger charge is -1.94. The normalized spacial score (nSPS) is 10.7. The van der Waals surface area contributed by atoms with E-state index < -0.39 is 0 Å². The van der Waals surface area contributed by atoms with Crippen LogP contribution in [0.4, 0.5) is 0 Å². The number of aromatic nitrogens is 3. The van der Waals surface area contributed by atoms with Crippen molar-refractivity contribution in [1.29, 1.82) is 0 Å². The lowest BCUT2D eigenvalue weighted by atomic mass is 10.4. The fraction of sp³-hybridized carbons (Fsp3) is 0.250. The molecule has 0 bridgehead atoms. The molecular weight excluding hydrogens is 218 g/mol. The number of hydrogen-bond donors (Lipinski definition) is 0. The maximum Gasteiger partial charge on any atom is 0.218 e. The Hall–Kier alpha value is -0.880. The predicted molar refractivity (Wildman–Crippen MR) is 58.4 cm³/mol. The summed E-state index contributed by atoms with van der Waals surface area (Å²) in [5, 5.41) is 5.17. The standard InChI is InChI=1S/C8H9N3OS2/c1-13-8-9-7(10-11(8)14-2)6-4-3-5-12-6/h3-5H,1-2H3. The number of rotatable bonds is 3. The van der Waals surface area contributed by atoms with Crippen LogP contribution in [0.1, 0.15) is 0 Å². The number of nitrogens with zero attached hydrogens (tertiary/aromatic N) is 3. The van der Waals surface area contributed by atoms with Gasteiger partial charge in [-0.05, 0) is 30.3 Å². The van der Waals surface area contributed by atoms with Crippen molar-refractivity contribution >= 4 is 23.7 Å². The Morgan fingerprint density at radius 1 is 1.43 bits per heavy atom. The molecular formula is C8H9N3OS2. The fourth-order valence-corrected chi connectivity index (χ4v) is 2.22. The highest BCUT2D eigenvalue weighted by Crippen LogP contribution is 2.22. The third kappa shape index (κ3) is 1.67. The van der Waals surface area contributed by atoms with Crippen molar-refractivity contribution in [1.82, 2.24) is 14.2 Å². The average Bonchev–Trinajstić information content (AvgIpc) is 2.85. The first-order valence-corrected chi connectivity index (χ1v) is 6.35. The van der Waals surface area contributed by atoms with E-state index in [0.29, 0.717) is 11.6 Å². The maximum absolute atomic E-state index is 5.22. The van der Waals surface area contributed by atoms with Crippen LogP contribution in [0.2, 0.25) is 0 Å². The second-order valence-electron chi connectivity index (χ2n) is 2.45. The highest BCUT2D eigenvalue weighted by Gasteiger charge is 2.11. The first-order valence-electron chi connectivity index (χ1n) is 3.94. The summed E-state index contributed by atoms with van der Waals surface area (Å²) in [4.78, 5) is 4.34. The summed E-state index contributed by atoms with van der Waals surface area (Å²) in [6, 6.07) is 3.68. The van der Waals surface area contributed by atoms with Gasteiger partial charge in [-0.15, -0.1) is 5.10 Å². The van der Waals surface area contributed by atoms with Gasteiger partial charge in [0.05, 0.1) is 6.26 Å². The summed E-state index contributed by atoms with van der Waals surface area (Å²) in [6.45, 7) is 0. The minimum Gasteiger partial charge on any atom is -0.461 e. The summed E-state index contributed by atoms with van der Waals surface area (Å²) in [7, 11) is 0. The number of thioether (sulfide) groups is 1. The molecule has 0 aliphatic rings. The van der Waals surface area contributed by atoms with E-state index in [2.05, 4.69) is 10.1 Å². The van der Waals surface area contributed by atoms with Crippen molar-refractivity contribution in [3.63, 3.8) is 0 Å². The summed E-state index contributed by atoms with van der Waals surface area (Å²) >= 11 is 3.08. The van der Waals surface area contributed by atoms with E-state index in [4.69, 9.17) is 4.42 Å². The molecule has 0 atom stereocenters. The molecule has 0 aliphatic carbocycles. The van der Waals surface area contributed by atoms with Crippen LogP contribution in [0.3, 0.4) is 0 Å². The molecule has 0 spiro atoms. The van der Waals surface area contributed by atoms with Crippen molar-refractivity contribution in [3.05, 3.63) is 18.4 Å². The molecule has 0 N–H and O–H groups in total. The third-order valence-electron chi connectivity index (χ3n) is 1.65. The van der Waals surface area contributed by atoms with Crippen LogP contribution in [-0.4, -0.2) is 26.7 Å². The van der Waals surface area contributed by atoms with Gasteiger partial charge < -0.3 is 4.42 Å². The molecule has 2 rings (SSSR count). The SMILES string of the molecule is CSc1nc(-c2ccco2)nn1SC. The Bertz CT molecular complexity index is 389. The largest absolute Gasteiger partial charge is 0.461 e. The van der Waals surface area contributed by atoms with Crippen LogP contribution in [0, 0.1) is 0 Å². The zero-order chi connectivity index (χ0) is 9.97. The molecule has 74 valence electrons. The molecule has 0 amide bonds. The first kappa shape index (κ1) is 9.67. The Morgan fingerprint density at radius 2 is 2.29 bits per heavy atom. The van der Waals surface area contributed by atoms with Gasteiger partial charge in [0, 0.05) is 6.26 Å². The van der Waals surface area contributed by atoms with Gasteiger partial charge in [0.25, 0.3) is 0 Å². The zero-order valence-corrected chi connectivity index (χ0v) is 9.43. The van der Waals surface area contributed by atoms with Gasteiger partial charge in [0.2, 0.25) is 5.82 Å². The molecule has 0 aromatic carbocycles. The molecule has 0 saturated heterocycles. The van der Waals surface area contributed by atoms with E-state index in [1.54, 1.807) is 22.1 Å². The van der Waals surface area contributed by atoms with Crippen LogP contribution in [0.5, 0.6) is 0 Å². The smallest absolute Gasteiger partial charge is 0.218 e. The molecule has 2 aromatic heterocycles. The van der Waals surface area contributed by atoms with Gasteiger partial charge in [0.1, 0.15) is 0 Å². The quantitative estimate of drug-likeness (QED) is 0.753. The molecule has 0 aliphatic heterocycles. The average molecular weight is 227 g/mol. The third-order valence-corrected chi connectivity index (χ3v) is 2.99. The minimum absolute atomic E-state index is 0.633. The highest BCUT2D eigenvalue weighted by molar-refractivity contribution is 8.00. The van der Waals surface area contributed by atoms with E-state index in [1.807, 2.05) is 24.6 Å². The van der Waals surface area contributed by atoms with E-state index in [-0.39, 0.29) is 0 Å². The van der Waals surface area contributed by atoms with Gasteiger partial charge >= 0.3 is 0 Å². The van der Waals surface area contributed by atoms with Crippen molar-refractivity contribution in [2.24, 2.45) is 0 Å². The molecule has 0 radical (unpaired) electrons. The molecule has 4 nitrogen and oxygen atoms in total. The van der Waals surface area contributed by atoms with Gasteiger partial charge in [-0.3, -0.25) is 0 Å².